The first-order valence-corrected chi connectivity index (χ1v) is 6.72. The molecule has 0 radical (unpaired) electrons. The Kier molecular flexibility index (Phi) is 3.01. The maximum absolute atomic E-state index is 12.0. The van der Waals surface area contributed by atoms with Crippen LogP contribution in [0.5, 0.6) is 0 Å². The molecule has 3 rings (SSSR count). The van der Waals surface area contributed by atoms with Gasteiger partial charge >= 0.3 is 5.69 Å². The number of nitrogens with one attached hydrogen (secondary N) is 1. The fourth-order valence-electron chi connectivity index (χ4n) is 2.41. The predicted molar refractivity (Wildman–Crippen MR) is 65.0 cm³/mol. The second kappa shape index (κ2) is 4.64. The van der Waals surface area contributed by atoms with Gasteiger partial charge in [-0.1, -0.05) is 0 Å². The highest BCUT2D eigenvalue weighted by Gasteiger charge is 2.20. The highest BCUT2D eigenvalue weighted by atomic mass is 16.2. The summed E-state index contributed by atoms with van der Waals surface area (Å²) >= 11 is 0. The third kappa shape index (κ3) is 2.44. The van der Waals surface area contributed by atoms with Gasteiger partial charge in [0.1, 0.15) is 5.82 Å². The van der Waals surface area contributed by atoms with Crippen LogP contribution in [0.2, 0.25) is 0 Å². The molecule has 1 N–H and O–H groups in total. The van der Waals surface area contributed by atoms with Crippen molar-refractivity contribution in [1.29, 1.82) is 0 Å². The quantitative estimate of drug-likeness (QED) is 0.752. The van der Waals surface area contributed by atoms with Gasteiger partial charge in [0.05, 0.1) is 6.54 Å². The second-order valence-electron chi connectivity index (χ2n) is 5.18. The molecule has 1 aromatic heterocycles. The maximum atomic E-state index is 12.0. The lowest BCUT2D eigenvalue weighted by Crippen LogP contribution is -2.30. The summed E-state index contributed by atoms with van der Waals surface area (Å²) in [6.45, 7) is 3.50. The second-order valence-corrected chi connectivity index (χ2v) is 5.18. The largest absolute Gasteiger partial charge is 0.345 e. The van der Waals surface area contributed by atoms with Crippen molar-refractivity contribution in [3.8, 4) is 0 Å². The van der Waals surface area contributed by atoms with Crippen LogP contribution in [-0.2, 0) is 19.5 Å². The highest BCUT2D eigenvalue weighted by Crippen LogP contribution is 2.27. The van der Waals surface area contributed by atoms with E-state index in [1.807, 2.05) is 4.57 Å². The van der Waals surface area contributed by atoms with E-state index in [9.17, 15) is 4.79 Å². The summed E-state index contributed by atoms with van der Waals surface area (Å²) in [7, 11) is 0. The Bertz CT molecular complexity index is 444. The number of hydrogen-bond donors (Lipinski definition) is 1. The van der Waals surface area contributed by atoms with E-state index in [0.717, 1.165) is 50.6 Å². The Morgan fingerprint density at radius 1 is 1.35 bits per heavy atom. The van der Waals surface area contributed by atoms with Gasteiger partial charge in [-0.15, -0.1) is 0 Å². The van der Waals surface area contributed by atoms with Gasteiger partial charge in [0.15, 0.2) is 0 Å². The van der Waals surface area contributed by atoms with Gasteiger partial charge < -0.3 is 5.32 Å². The zero-order chi connectivity index (χ0) is 11.7. The fraction of sp³-hybridized carbons (Fsp3) is 0.833. The average Bonchev–Trinajstić information content (AvgIpc) is 3.12. The molecule has 2 heterocycles. The molecule has 2 aliphatic rings. The van der Waals surface area contributed by atoms with Gasteiger partial charge in [-0.3, -0.25) is 4.57 Å². The summed E-state index contributed by atoms with van der Waals surface area (Å²) in [6, 6.07) is 0. The Hall–Kier alpha value is -1.10. The van der Waals surface area contributed by atoms with Crippen molar-refractivity contribution in [3.05, 3.63) is 16.3 Å². The lowest BCUT2D eigenvalue weighted by atomic mass is 10.2. The molecule has 1 saturated carbocycles. The van der Waals surface area contributed by atoms with Crippen LogP contribution in [-0.4, -0.2) is 27.4 Å². The van der Waals surface area contributed by atoms with Crippen molar-refractivity contribution in [1.82, 2.24) is 19.7 Å². The van der Waals surface area contributed by atoms with Crippen molar-refractivity contribution in [2.75, 3.05) is 13.1 Å². The first-order valence-electron chi connectivity index (χ1n) is 6.72. The van der Waals surface area contributed by atoms with Gasteiger partial charge in [0, 0.05) is 19.5 Å². The van der Waals surface area contributed by atoms with Crippen LogP contribution < -0.4 is 11.0 Å². The normalized spacial score (nSPS) is 19.3. The van der Waals surface area contributed by atoms with Crippen molar-refractivity contribution in [3.63, 3.8) is 0 Å². The molecule has 94 valence electrons. The topological polar surface area (TPSA) is 51.9 Å². The lowest BCUT2D eigenvalue weighted by Gasteiger charge is -2.09. The van der Waals surface area contributed by atoms with E-state index in [1.54, 1.807) is 4.68 Å². The Morgan fingerprint density at radius 2 is 2.24 bits per heavy atom. The molecular weight excluding hydrogens is 216 g/mol. The van der Waals surface area contributed by atoms with E-state index >= 15 is 0 Å². The van der Waals surface area contributed by atoms with Crippen LogP contribution in [0.4, 0.5) is 0 Å². The number of aromatic nitrogens is 3. The number of aryl methyl sites for hydroxylation is 1. The lowest BCUT2D eigenvalue weighted by molar-refractivity contribution is 0.506. The smallest absolute Gasteiger partial charge is 0.315 e. The van der Waals surface area contributed by atoms with Gasteiger partial charge in [0.2, 0.25) is 0 Å². The fourth-order valence-corrected chi connectivity index (χ4v) is 2.41. The van der Waals surface area contributed by atoms with Crippen LogP contribution in [0.1, 0.15) is 31.5 Å². The molecule has 1 aliphatic heterocycles. The summed E-state index contributed by atoms with van der Waals surface area (Å²) in [6.07, 6.45) is 5.96. The van der Waals surface area contributed by atoms with Crippen LogP contribution in [0, 0.1) is 5.92 Å². The summed E-state index contributed by atoms with van der Waals surface area (Å²) < 4.78 is 3.46. The van der Waals surface area contributed by atoms with E-state index in [-0.39, 0.29) is 5.69 Å². The predicted octanol–water partition coefficient (Wildman–Crippen LogP) is 0.381. The minimum Gasteiger partial charge on any atom is -0.315 e. The van der Waals surface area contributed by atoms with Gasteiger partial charge in [-0.25, -0.2) is 9.48 Å². The van der Waals surface area contributed by atoms with Gasteiger partial charge in [-0.05, 0) is 38.1 Å². The summed E-state index contributed by atoms with van der Waals surface area (Å²) in [5, 5.41) is 7.80. The van der Waals surface area contributed by atoms with Crippen LogP contribution in [0.15, 0.2) is 4.79 Å². The molecule has 17 heavy (non-hydrogen) atoms. The summed E-state index contributed by atoms with van der Waals surface area (Å²) in [5.41, 5.74) is 0.0768. The zero-order valence-corrected chi connectivity index (χ0v) is 10.2. The first-order chi connectivity index (χ1) is 8.34. The molecule has 1 fully saturated rings. The SMILES string of the molecule is O=c1n(CCNCC2CC2)nc2n1CCCC2. The number of fused-ring (bicyclic) bond motifs is 1. The molecule has 5 nitrogen and oxygen atoms in total. The minimum atomic E-state index is 0.0768. The Labute approximate surface area is 101 Å². The number of hydrogen-bond acceptors (Lipinski definition) is 3. The van der Waals surface area contributed by atoms with Crippen LogP contribution in [0.25, 0.3) is 0 Å². The molecule has 0 spiro atoms. The van der Waals surface area contributed by atoms with E-state index < -0.39 is 0 Å². The average molecular weight is 236 g/mol. The van der Waals surface area contributed by atoms with Crippen LogP contribution >= 0.6 is 0 Å². The minimum absolute atomic E-state index is 0.0768. The monoisotopic (exact) mass is 236 g/mol. The van der Waals surface area contributed by atoms with Crippen molar-refractivity contribution in [2.24, 2.45) is 5.92 Å². The standard InChI is InChI=1S/C12H20N4O/c17-12-15-7-2-1-3-11(15)14-16(12)8-6-13-9-10-4-5-10/h10,13H,1-9H2. The highest BCUT2D eigenvalue weighted by molar-refractivity contribution is 4.91. The van der Waals surface area contributed by atoms with Gasteiger partial charge in [0.25, 0.3) is 0 Å². The third-order valence-corrected chi connectivity index (χ3v) is 3.66. The van der Waals surface area contributed by atoms with E-state index in [2.05, 4.69) is 10.4 Å². The molecule has 1 aliphatic carbocycles. The van der Waals surface area contributed by atoms with Crippen molar-refractivity contribution in [2.45, 2.75) is 45.2 Å². The molecule has 0 unspecified atom stereocenters. The molecule has 1 aromatic rings. The van der Waals surface area contributed by atoms with E-state index in [4.69, 9.17) is 0 Å². The van der Waals surface area contributed by atoms with Crippen molar-refractivity contribution < 1.29 is 0 Å². The Balaban J connectivity index is 1.58. The van der Waals surface area contributed by atoms with E-state index in [1.165, 1.54) is 12.8 Å². The third-order valence-electron chi connectivity index (χ3n) is 3.66. The molecule has 0 saturated heterocycles. The summed E-state index contributed by atoms with van der Waals surface area (Å²) in [4.78, 5) is 12.0. The number of nitrogens with zero attached hydrogens (tertiary/aromatic N) is 3. The molecule has 0 aromatic carbocycles. The van der Waals surface area contributed by atoms with Crippen molar-refractivity contribution >= 4 is 0 Å². The molecule has 0 amide bonds. The van der Waals surface area contributed by atoms with Crippen LogP contribution in [0.3, 0.4) is 0 Å². The maximum Gasteiger partial charge on any atom is 0.345 e. The Morgan fingerprint density at radius 3 is 3.00 bits per heavy atom. The molecular formula is C12H20N4O. The molecule has 0 bridgehead atoms. The molecule has 0 atom stereocenters. The number of rotatable bonds is 5. The van der Waals surface area contributed by atoms with E-state index in [0.29, 0.717) is 6.54 Å². The summed E-state index contributed by atoms with van der Waals surface area (Å²) in [5.74, 6) is 1.87. The molecule has 5 heteroatoms. The first kappa shape index (κ1) is 11.0. The zero-order valence-electron chi connectivity index (χ0n) is 10.2. The van der Waals surface area contributed by atoms with Gasteiger partial charge in [-0.2, -0.15) is 5.10 Å².